The third kappa shape index (κ3) is 2.62. The molecule has 1 N–H and O–H groups in total. The van der Waals surface area contributed by atoms with Gasteiger partial charge in [0.2, 0.25) is 0 Å². The van der Waals surface area contributed by atoms with Crippen molar-refractivity contribution < 1.29 is 9.90 Å². The molecule has 106 valence electrons. The molecular formula is C15H13N3O2S. The van der Waals surface area contributed by atoms with Crippen molar-refractivity contribution in [1.29, 1.82) is 0 Å². The number of carbonyl (C=O) groups is 1. The summed E-state index contributed by atoms with van der Waals surface area (Å²) in [6.07, 6.45) is 5.32. The molecule has 0 saturated carbocycles. The predicted molar refractivity (Wildman–Crippen MR) is 82.0 cm³/mol. The Morgan fingerprint density at radius 1 is 1.33 bits per heavy atom. The molecule has 0 saturated heterocycles. The van der Waals surface area contributed by atoms with Crippen molar-refractivity contribution in [2.75, 3.05) is 5.75 Å². The summed E-state index contributed by atoms with van der Waals surface area (Å²) in [5.74, 6) is -0.864. The molecule has 0 fully saturated rings. The molecule has 0 amide bonds. The van der Waals surface area contributed by atoms with Crippen molar-refractivity contribution in [2.24, 2.45) is 0 Å². The van der Waals surface area contributed by atoms with Crippen molar-refractivity contribution >= 4 is 28.5 Å². The normalized spacial score (nSPS) is 10.9. The van der Waals surface area contributed by atoms with Crippen molar-refractivity contribution in [3.63, 3.8) is 0 Å². The lowest BCUT2D eigenvalue weighted by Gasteiger charge is -2.12. The summed E-state index contributed by atoms with van der Waals surface area (Å²) in [5, 5.41) is 11.6. The van der Waals surface area contributed by atoms with Crippen LogP contribution in [0.3, 0.4) is 0 Å². The molecule has 6 heteroatoms. The SMILES string of the molecule is Cc1cnc(SCC(=O)O)n1-c1cccc2cnccc12. The smallest absolute Gasteiger partial charge is 0.313 e. The Kier molecular flexibility index (Phi) is 3.62. The lowest BCUT2D eigenvalue weighted by Crippen LogP contribution is -2.03. The van der Waals surface area contributed by atoms with E-state index in [9.17, 15) is 4.79 Å². The van der Waals surface area contributed by atoms with Gasteiger partial charge in [0.1, 0.15) is 0 Å². The first kappa shape index (κ1) is 13.6. The second-order valence-electron chi connectivity index (χ2n) is 4.57. The second-order valence-corrected chi connectivity index (χ2v) is 5.52. The third-order valence-corrected chi connectivity index (χ3v) is 4.07. The van der Waals surface area contributed by atoms with Crippen LogP contribution < -0.4 is 0 Å². The summed E-state index contributed by atoms with van der Waals surface area (Å²) in [6, 6.07) is 7.92. The van der Waals surface area contributed by atoms with Crippen LogP contribution >= 0.6 is 11.8 Å². The second kappa shape index (κ2) is 5.57. The van der Waals surface area contributed by atoms with E-state index in [0.717, 1.165) is 22.2 Å². The van der Waals surface area contributed by atoms with Crippen molar-refractivity contribution in [3.8, 4) is 5.69 Å². The fraction of sp³-hybridized carbons (Fsp3) is 0.133. The Morgan fingerprint density at radius 3 is 3.00 bits per heavy atom. The fourth-order valence-electron chi connectivity index (χ4n) is 2.24. The van der Waals surface area contributed by atoms with Gasteiger partial charge in [0.25, 0.3) is 0 Å². The molecule has 0 atom stereocenters. The van der Waals surface area contributed by atoms with Crippen LogP contribution in [-0.4, -0.2) is 31.4 Å². The monoisotopic (exact) mass is 299 g/mol. The first-order chi connectivity index (χ1) is 10.2. The molecule has 0 aliphatic rings. The number of fused-ring (bicyclic) bond motifs is 1. The molecule has 0 radical (unpaired) electrons. The number of rotatable bonds is 4. The Hall–Kier alpha value is -2.34. The lowest BCUT2D eigenvalue weighted by molar-refractivity contribution is -0.133. The van der Waals surface area contributed by atoms with Gasteiger partial charge in [0.15, 0.2) is 5.16 Å². The van der Waals surface area contributed by atoms with E-state index in [-0.39, 0.29) is 5.75 Å². The summed E-state index contributed by atoms with van der Waals surface area (Å²) in [7, 11) is 0. The topological polar surface area (TPSA) is 68.0 Å². The zero-order chi connectivity index (χ0) is 14.8. The summed E-state index contributed by atoms with van der Waals surface area (Å²) < 4.78 is 1.98. The number of pyridine rings is 1. The number of benzene rings is 1. The molecular weight excluding hydrogens is 286 g/mol. The first-order valence-corrected chi connectivity index (χ1v) is 7.37. The zero-order valence-electron chi connectivity index (χ0n) is 11.4. The average molecular weight is 299 g/mol. The number of thioether (sulfide) groups is 1. The third-order valence-electron chi connectivity index (χ3n) is 3.13. The van der Waals surface area contributed by atoms with Crippen molar-refractivity contribution in [2.45, 2.75) is 12.1 Å². The van der Waals surface area contributed by atoms with Gasteiger partial charge >= 0.3 is 5.97 Å². The van der Waals surface area contributed by atoms with Gasteiger partial charge < -0.3 is 5.11 Å². The Bertz CT molecular complexity index is 808. The molecule has 0 bridgehead atoms. The minimum absolute atomic E-state index is 0.0111. The molecule has 2 aromatic heterocycles. The van der Waals surface area contributed by atoms with Gasteiger partial charge in [0, 0.05) is 35.1 Å². The van der Waals surface area contributed by atoms with Gasteiger partial charge in [-0.05, 0) is 19.1 Å². The maximum atomic E-state index is 10.8. The van der Waals surface area contributed by atoms with Gasteiger partial charge in [-0.25, -0.2) is 4.98 Å². The zero-order valence-corrected chi connectivity index (χ0v) is 12.2. The van der Waals surface area contributed by atoms with Crippen LogP contribution in [-0.2, 0) is 4.79 Å². The van der Waals surface area contributed by atoms with Gasteiger partial charge in [0.05, 0.1) is 11.4 Å². The van der Waals surface area contributed by atoms with E-state index in [0.29, 0.717) is 5.16 Å². The molecule has 21 heavy (non-hydrogen) atoms. The molecule has 3 aromatic rings. The van der Waals surface area contributed by atoms with E-state index in [1.165, 1.54) is 11.8 Å². The van der Waals surface area contributed by atoms with Gasteiger partial charge in [-0.2, -0.15) is 0 Å². The van der Waals surface area contributed by atoms with Crippen LogP contribution in [0.2, 0.25) is 0 Å². The maximum Gasteiger partial charge on any atom is 0.313 e. The number of hydrogen-bond acceptors (Lipinski definition) is 4. The molecule has 0 spiro atoms. The van der Waals surface area contributed by atoms with Crippen molar-refractivity contribution in [1.82, 2.24) is 14.5 Å². The number of imidazole rings is 1. The van der Waals surface area contributed by atoms with E-state index in [1.807, 2.05) is 42.0 Å². The standard InChI is InChI=1S/C15H13N3O2S/c1-10-7-17-15(21-9-14(19)20)18(10)13-4-2-3-11-8-16-6-5-12(11)13/h2-8H,9H2,1H3,(H,19,20). The van der Waals surface area contributed by atoms with Crippen LogP contribution in [0.5, 0.6) is 0 Å². The lowest BCUT2D eigenvalue weighted by atomic mass is 10.1. The highest BCUT2D eigenvalue weighted by atomic mass is 32.2. The molecule has 1 aromatic carbocycles. The van der Waals surface area contributed by atoms with E-state index in [2.05, 4.69) is 9.97 Å². The summed E-state index contributed by atoms with van der Waals surface area (Å²) in [4.78, 5) is 19.2. The van der Waals surface area contributed by atoms with Gasteiger partial charge in [-0.1, -0.05) is 23.9 Å². The van der Waals surface area contributed by atoms with E-state index in [1.54, 1.807) is 12.4 Å². The molecule has 0 aliphatic carbocycles. The molecule has 0 unspecified atom stereocenters. The minimum atomic E-state index is -0.852. The van der Waals surface area contributed by atoms with Crippen LogP contribution in [0.25, 0.3) is 16.5 Å². The number of aliphatic carboxylic acids is 1. The van der Waals surface area contributed by atoms with E-state index < -0.39 is 5.97 Å². The van der Waals surface area contributed by atoms with Crippen LogP contribution in [0.4, 0.5) is 0 Å². The highest BCUT2D eigenvalue weighted by Crippen LogP contribution is 2.28. The Labute approximate surface area is 125 Å². The molecule has 2 heterocycles. The number of hydrogen-bond donors (Lipinski definition) is 1. The summed E-state index contributed by atoms with van der Waals surface area (Å²) in [5.41, 5.74) is 1.95. The van der Waals surface area contributed by atoms with Crippen LogP contribution in [0, 0.1) is 6.92 Å². The van der Waals surface area contributed by atoms with Crippen LogP contribution in [0.15, 0.2) is 48.0 Å². The quantitative estimate of drug-likeness (QED) is 0.750. The number of aryl methyl sites for hydroxylation is 1. The Balaban J connectivity index is 2.14. The van der Waals surface area contributed by atoms with Crippen molar-refractivity contribution in [3.05, 3.63) is 48.5 Å². The van der Waals surface area contributed by atoms with Gasteiger partial charge in [-0.15, -0.1) is 0 Å². The molecule has 3 rings (SSSR count). The molecule has 0 aliphatic heterocycles. The largest absolute Gasteiger partial charge is 0.481 e. The van der Waals surface area contributed by atoms with E-state index >= 15 is 0 Å². The van der Waals surface area contributed by atoms with Gasteiger partial charge in [-0.3, -0.25) is 14.3 Å². The van der Waals surface area contributed by atoms with Crippen LogP contribution in [0.1, 0.15) is 5.69 Å². The highest BCUT2D eigenvalue weighted by molar-refractivity contribution is 7.99. The minimum Gasteiger partial charge on any atom is -0.481 e. The summed E-state index contributed by atoms with van der Waals surface area (Å²) >= 11 is 1.22. The maximum absolute atomic E-state index is 10.8. The number of carboxylic acid groups (broad SMARTS) is 1. The first-order valence-electron chi connectivity index (χ1n) is 6.39. The summed E-state index contributed by atoms with van der Waals surface area (Å²) in [6.45, 7) is 1.96. The number of carboxylic acids is 1. The predicted octanol–water partition coefficient (Wildman–Crippen LogP) is 2.91. The number of nitrogens with zero attached hydrogens (tertiary/aromatic N) is 3. The molecule has 5 nitrogen and oxygen atoms in total. The van der Waals surface area contributed by atoms with E-state index in [4.69, 9.17) is 5.11 Å². The average Bonchev–Trinajstić information content (AvgIpc) is 2.85. The highest BCUT2D eigenvalue weighted by Gasteiger charge is 2.13. The fourth-order valence-corrected chi connectivity index (χ4v) is 2.99. The Morgan fingerprint density at radius 2 is 2.19 bits per heavy atom. The number of aromatic nitrogens is 3.